The molecule has 0 bridgehead atoms. The average Bonchev–Trinajstić information content (AvgIpc) is 2.67. The zero-order valence-electron chi connectivity index (χ0n) is 8.88. The summed E-state index contributed by atoms with van der Waals surface area (Å²) in [4.78, 5) is 0. The third kappa shape index (κ3) is 2.07. The summed E-state index contributed by atoms with van der Waals surface area (Å²) in [5, 5.41) is 14.0. The molecule has 0 fully saturated rings. The zero-order chi connectivity index (χ0) is 10.9. The Hall–Kier alpha value is -1.61. The number of rotatable bonds is 2. The second-order valence-corrected chi connectivity index (χ2v) is 4.07. The minimum absolute atomic E-state index is 0.811. The Kier molecular flexibility index (Phi) is 2.32. The van der Waals surface area contributed by atoms with Crippen molar-refractivity contribution in [3.8, 4) is 5.69 Å². The number of nitrogens with zero attached hydrogens (tertiary/aromatic N) is 2. The van der Waals surface area contributed by atoms with E-state index in [2.05, 4.69) is 5.10 Å². The number of aromatic nitrogens is 2. The van der Waals surface area contributed by atoms with Crippen LogP contribution in [0.1, 0.15) is 19.4 Å². The lowest BCUT2D eigenvalue weighted by molar-refractivity contribution is 0.0786. The van der Waals surface area contributed by atoms with Crippen LogP contribution < -0.4 is 0 Å². The largest absolute Gasteiger partial charge is 0.386 e. The van der Waals surface area contributed by atoms with Gasteiger partial charge in [-0.25, -0.2) is 4.68 Å². The number of para-hydroxylation sites is 1. The van der Waals surface area contributed by atoms with Gasteiger partial charge in [-0.05, 0) is 26.0 Å². The van der Waals surface area contributed by atoms with Gasteiger partial charge in [-0.2, -0.15) is 5.10 Å². The van der Waals surface area contributed by atoms with Gasteiger partial charge in [-0.15, -0.1) is 0 Å². The third-order valence-electron chi connectivity index (χ3n) is 2.31. The van der Waals surface area contributed by atoms with Crippen molar-refractivity contribution in [3.05, 3.63) is 48.3 Å². The summed E-state index contributed by atoms with van der Waals surface area (Å²) in [6.07, 6.45) is 3.53. The van der Waals surface area contributed by atoms with Gasteiger partial charge in [0, 0.05) is 11.8 Å². The highest BCUT2D eigenvalue weighted by atomic mass is 16.3. The molecule has 0 aliphatic rings. The van der Waals surface area contributed by atoms with Crippen molar-refractivity contribution in [1.82, 2.24) is 9.78 Å². The molecule has 1 aromatic heterocycles. The van der Waals surface area contributed by atoms with E-state index in [1.807, 2.05) is 36.5 Å². The lowest BCUT2D eigenvalue weighted by Gasteiger charge is -2.13. The lowest BCUT2D eigenvalue weighted by Crippen LogP contribution is -2.14. The van der Waals surface area contributed by atoms with E-state index in [0.29, 0.717) is 0 Å². The zero-order valence-corrected chi connectivity index (χ0v) is 8.88. The van der Waals surface area contributed by atoms with Crippen LogP contribution >= 0.6 is 0 Å². The third-order valence-corrected chi connectivity index (χ3v) is 2.31. The fourth-order valence-electron chi connectivity index (χ4n) is 1.36. The Morgan fingerprint density at radius 2 is 1.87 bits per heavy atom. The first-order valence-corrected chi connectivity index (χ1v) is 4.90. The van der Waals surface area contributed by atoms with E-state index in [-0.39, 0.29) is 0 Å². The molecule has 0 saturated carbocycles. The van der Waals surface area contributed by atoms with Gasteiger partial charge >= 0.3 is 0 Å². The van der Waals surface area contributed by atoms with E-state index in [0.717, 1.165) is 11.3 Å². The minimum atomic E-state index is -0.840. The van der Waals surface area contributed by atoms with Crippen LogP contribution in [0.25, 0.3) is 5.69 Å². The van der Waals surface area contributed by atoms with Crippen molar-refractivity contribution < 1.29 is 5.11 Å². The molecular formula is C12H14N2O. The van der Waals surface area contributed by atoms with Crippen LogP contribution in [0.15, 0.2) is 42.7 Å². The van der Waals surface area contributed by atoms with Crippen LogP contribution in [0.5, 0.6) is 0 Å². The molecule has 1 aromatic carbocycles. The first kappa shape index (κ1) is 9.93. The molecule has 3 nitrogen and oxygen atoms in total. The van der Waals surface area contributed by atoms with Crippen LogP contribution in [0.2, 0.25) is 0 Å². The Bertz CT molecular complexity index is 440. The Labute approximate surface area is 89.0 Å². The topological polar surface area (TPSA) is 38.1 Å². The predicted octanol–water partition coefficient (Wildman–Crippen LogP) is 2.10. The Balaban J connectivity index is 2.37. The quantitative estimate of drug-likeness (QED) is 0.809. The molecule has 15 heavy (non-hydrogen) atoms. The van der Waals surface area contributed by atoms with Crippen molar-refractivity contribution in [2.45, 2.75) is 19.4 Å². The molecule has 78 valence electrons. The smallest absolute Gasteiger partial charge is 0.0871 e. The molecule has 0 radical (unpaired) electrons. The molecule has 2 aromatic rings. The summed E-state index contributed by atoms with van der Waals surface area (Å²) in [7, 11) is 0. The maximum Gasteiger partial charge on any atom is 0.0871 e. The molecule has 0 aliphatic carbocycles. The molecule has 0 saturated heterocycles. The van der Waals surface area contributed by atoms with Crippen LogP contribution in [-0.4, -0.2) is 14.9 Å². The molecule has 0 unspecified atom stereocenters. The highest BCUT2D eigenvalue weighted by Gasteiger charge is 2.17. The molecular weight excluding hydrogens is 188 g/mol. The fraction of sp³-hybridized carbons (Fsp3) is 0.250. The van der Waals surface area contributed by atoms with Crippen molar-refractivity contribution in [2.75, 3.05) is 0 Å². The van der Waals surface area contributed by atoms with Crippen LogP contribution in [0.3, 0.4) is 0 Å². The molecule has 1 heterocycles. The Morgan fingerprint density at radius 1 is 1.20 bits per heavy atom. The number of hydrogen-bond acceptors (Lipinski definition) is 2. The second-order valence-electron chi connectivity index (χ2n) is 4.07. The molecule has 0 aliphatic heterocycles. The van der Waals surface area contributed by atoms with Crippen molar-refractivity contribution in [2.24, 2.45) is 0 Å². The van der Waals surface area contributed by atoms with E-state index in [1.54, 1.807) is 24.7 Å². The van der Waals surface area contributed by atoms with Crippen molar-refractivity contribution in [3.63, 3.8) is 0 Å². The lowest BCUT2D eigenvalue weighted by atomic mass is 10.0. The first-order chi connectivity index (χ1) is 7.07. The number of aliphatic hydroxyl groups is 1. The van der Waals surface area contributed by atoms with Crippen LogP contribution in [-0.2, 0) is 5.60 Å². The van der Waals surface area contributed by atoms with Gasteiger partial charge in [0.05, 0.1) is 17.5 Å². The standard InChI is InChI=1S/C12H14N2O/c1-12(2,15)10-8-13-14(9-10)11-6-4-3-5-7-11/h3-9,15H,1-2H3. The van der Waals surface area contributed by atoms with Crippen molar-refractivity contribution in [1.29, 1.82) is 0 Å². The normalized spacial score (nSPS) is 11.7. The van der Waals surface area contributed by atoms with Crippen LogP contribution in [0.4, 0.5) is 0 Å². The summed E-state index contributed by atoms with van der Waals surface area (Å²) in [6.45, 7) is 3.50. The number of hydrogen-bond donors (Lipinski definition) is 1. The van der Waals surface area contributed by atoms with E-state index in [9.17, 15) is 5.11 Å². The van der Waals surface area contributed by atoms with Gasteiger partial charge in [-0.3, -0.25) is 0 Å². The summed E-state index contributed by atoms with van der Waals surface area (Å²) in [6, 6.07) is 9.83. The van der Waals surface area contributed by atoms with E-state index < -0.39 is 5.60 Å². The summed E-state index contributed by atoms with van der Waals surface area (Å²) < 4.78 is 1.76. The molecule has 2 rings (SSSR count). The minimum Gasteiger partial charge on any atom is -0.386 e. The highest BCUT2D eigenvalue weighted by molar-refractivity contribution is 5.31. The molecule has 3 heteroatoms. The first-order valence-electron chi connectivity index (χ1n) is 4.90. The summed E-state index contributed by atoms with van der Waals surface area (Å²) in [5.74, 6) is 0. The summed E-state index contributed by atoms with van der Waals surface area (Å²) >= 11 is 0. The predicted molar refractivity (Wildman–Crippen MR) is 58.8 cm³/mol. The fourth-order valence-corrected chi connectivity index (χ4v) is 1.36. The maximum absolute atomic E-state index is 9.80. The van der Waals surface area contributed by atoms with E-state index in [1.165, 1.54) is 0 Å². The maximum atomic E-state index is 9.80. The molecule has 0 amide bonds. The van der Waals surface area contributed by atoms with E-state index in [4.69, 9.17) is 0 Å². The van der Waals surface area contributed by atoms with Gasteiger partial charge in [-0.1, -0.05) is 18.2 Å². The van der Waals surface area contributed by atoms with Gasteiger partial charge in [0.2, 0.25) is 0 Å². The highest BCUT2D eigenvalue weighted by Crippen LogP contribution is 2.19. The molecule has 1 N–H and O–H groups in total. The van der Waals surface area contributed by atoms with Gasteiger partial charge in [0.25, 0.3) is 0 Å². The molecule has 0 atom stereocenters. The van der Waals surface area contributed by atoms with Gasteiger partial charge in [0.15, 0.2) is 0 Å². The second kappa shape index (κ2) is 3.51. The van der Waals surface area contributed by atoms with Gasteiger partial charge in [0.1, 0.15) is 0 Å². The number of benzene rings is 1. The Morgan fingerprint density at radius 3 is 2.40 bits per heavy atom. The van der Waals surface area contributed by atoms with Crippen LogP contribution in [0, 0.1) is 0 Å². The van der Waals surface area contributed by atoms with Gasteiger partial charge < -0.3 is 5.11 Å². The average molecular weight is 202 g/mol. The van der Waals surface area contributed by atoms with E-state index >= 15 is 0 Å². The summed E-state index contributed by atoms with van der Waals surface area (Å²) in [5.41, 5.74) is 0.965. The SMILES string of the molecule is CC(C)(O)c1cnn(-c2ccccc2)c1. The molecule has 0 spiro atoms. The monoisotopic (exact) mass is 202 g/mol. The van der Waals surface area contributed by atoms with Crippen molar-refractivity contribution >= 4 is 0 Å².